The van der Waals surface area contributed by atoms with E-state index in [0.29, 0.717) is 23.6 Å². The average molecular weight is 493 g/mol. The molecule has 2 aromatic carbocycles. The Morgan fingerprint density at radius 2 is 1.67 bits per heavy atom. The third kappa shape index (κ3) is 7.02. The quantitative estimate of drug-likeness (QED) is 0.323. The summed E-state index contributed by atoms with van der Waals surface area (Å²) in [6.45, 7) is 4.32. The van der Waals surface area contributed by atoms with Crippen molar-refractivity contribution < 1.29 is 18.3 Å². The van der Waals surface area contributed by atoms with E-state index in [9.17, 15) is 18.3 Å². The molecule has 8 heteroatoms. The Hall–Kier alpha value is -1.81. The van der Waals surface area contributed by atoms with E-state index in [-0.39, 0.29) is 42.4 Å². The fraction of sp³-hybridized carbons (Fsp3) is 0.316. The maximum atomic E-state index is 13.4. The van der Waals surface area contributed by atoms with Crippen molar-refractivity contribution in [2.24, 2.45) is 4.99 Å². The predicted octanol–water partition coefficient (Wildman–Crippen LogP) is 4.07. The van der Waals surface area contributed by atoms with Gasteiger partial charge in [-0.1, -0.05) is 18.2 Å². The first kappa shape index (κ1) is 23.2. The smallest absolute Gasteiger partial charge is 0.191 e. The molecule has 27 heavy (non-hydrogen) atoms. The van der Waals surface area contributed by atoms with E-state index in [1.807, 2.05) is 6.92 Å². The average Bonchev–Trinajstić information content (AvgIpc) is 2.62. The Kier molecular flexibility index (Phi) is 9.57. The summed E-state index contributed by atoms with van der Waals surface area (Å²) < 4.78 is 39.4. The number of halogens is 4. The van der Waals surface area contributed by atoms with Crippen molar-refractivity contribution in [1.82, 2.24) is 10.6 Å². The van der Waals surface area contributed by atoms with Crippen LogP contribution >= 0.6 is 24.0 Å². The lowest BCUT2D eigenvalue weighted by molar-refractivity contribution is 0.187. The van der Waals surface area contributed by atoms with Crippen LogP contribution in [0, 0.1) is 17.5 Å². The fourth-order valence-corrected chi connectivity index (χ4v) is 2.36. The summed E-state index contributed by atoms with van der Waals surface area (Å²) in [5.41, 5.74) is 1.12. The van der Waals surface area contributed by atoms with E-state index in [1.54, 1.807) is 6.92 Å². The number of aliphatic hydroxyl groups is 1. The zero-order valence-electron chi connectivity index (χ0n) is 15.0. The second kappa shape index (κ2) is 11.1. The summed E-state index contributed by atoms with van der Waals surface area (Å²) in [6.07, 6.45) is -0.885. The van der Waals surface area contributed by atoms with E-state index >= 15 is 0 Å². The molecule has 0 aromatic heterocycles. The highest BCUT2D eigenvalue weighted by atomic mass is 127. The molecule has 0 bridgehead atoms. The number of nitrogens with one attached hydrogen (secondary N) is 2. The lowest BCUT2D eigenvalue weighted by atomic mass is 10.1. The van der Waals surface area contributed by atoms with Gasteiger partial charge in [-0.25, -0.2) is 13.2 Å². The van der Waals surface area contributed by atoms with E-state index in [0.717, 1.165) is 12.1 Å². The molecule has 0 aliphatic carbocycles. The first-order valence-electron chi connectivity index (χ1n) is 8.34. The largest absolute Gasteiger partial charge is 0.386 e. The van der Waals surface area contributed by atoms with Gasteiger partial charge in [0.2, 0.25) is 0 Å². The zero-order chi connectivity index (χ0) is 19.1. The SMILES string of the molecule is CCNC(=NCC(O)c1ccc(F)cc1)NC(C)c1ccc(F)c(F)c1.I. The molecule has 2 unspecified atom stereocenters. The molecule has 0 spiro atoms. The van der Waals surface area contributed by atoms with Crippen molar-refractivity contribution in [3.05, 3.63) is 71.0 Å². The summed E-state index contributed by atoms with van der Waals surface area (Å²) in [4.78, 5) is 4.30. The van der Waals surface area contributed by atoms with Gasteiger partial charge in [-0.3, -0.25) is 4.99 Å². The Bertz CT molecular complexity index is 756. The van der Waals surface area contributed by atoms with Crippen molar-refractivity contribution in [2.45, 2.75) is 26.0 Å². The third-order valence-corrected chi connectivity index (χ3v) is 3.82. The van der Waals surface area contributed by atoms with Crippen LogP contribution in [0.3, 0.4) is 0 Å². The van der Waals surface area contributed by atoms with Gasteiger partial charge >= 0.3 is 0 Å². The maximum Gasteiger partial charge on any atom is 0.191 e. The van der Waals surface area contributed by atoms with Crippen molar-refractivity contribution in [3.63, 3.8) is 0 Å². The van der Waals surface area contributed by atoms with Gasteiger partial charge in [-0.2, -0.15) is 0 Å². The molecule has 148 valence electrons. The Labute approximate surface area is 173 Å². The van der Waals surface area contributed by atoms with Crippen LogP contribution in [0.5, 0.6) is 0 Å². The molecule has 2 aromatic rings. The number of hydrogen-bond donors (Lipinski definition) is 3. The molecule has 0 aliphatic rings. The summed E-state index contributed by atoms with van der Waals surface area (Å²) in [5, 5.41) is 16.3. The molecule has 2 rings (SSSR count). The van der Waals surface area contributed by atoms with Crippen LogP contribution in [0.4, 0.5) is 13.2 Å². The van der Waals surface area contributed by atoms with E-state index < -0.39 is 17.7 Å². The first-order chi connectivity index (χ1) is 12.4. The van der Waals surface area contributed by atoms with Crippen LogP contribution in [-0.4, -0.2) is 24.2 Å². The third-order valence-electron chi connectivity index (χ3n) is 3.82. The van der Waals surface area contributed by atoms with Crippen molar-refractivity contribution in [2.75, 3.05) is 13.1 Å². The number of nitrogens with zero attached hydrogens (tertiary/aromatic N) is 1. The van der Waals surface area contributed by atoms with Gasteiger partial charge in [0.25, 0.3) is 0 Å². The molecule has 0 heterocycles. The Morgan fingerprint density at radius 1 is 1.04 bits per heavy atom. The highest BCUT2D eigenvalue weighted by Crippen LogP contribution is 2.16. The molecule has 0 saturated heterocycles. The molecule has 0 radical (unpaired) electrons. The molecular weight excluding hydrogens is 470 g/mol. The van der Waals surface area contributed by atoms with Crippen LogP contribution in [0.1, 0.15) is 37.1 Å². The van der Waals surface area contributed by atoms with Crippen molar-refractivity contribution >= 4 is 29.9 Å². The molecule has 0 amide bonds. The molecule has 0 saturated carbocycles. The minimum atomic E-state index is -0.912. The Balaban J connectivity index is 0.00000364. The minimum Gasteiger partial charge on any atom is -0.386 e. The standard InChI is InChI=1S/C19H22F3N3O.HI/c1-3-23-19(24-11-18(26)13-4-7-15(20)8-5-13)25-12(2)14-6-9-16(21)17(22)10-14;/h4-10,12,18,26H,3,11H2,1-2H3,(H2,23,24,25);1H. The molecule has 2 atom stereocenters. The van der Waals surface area contributed by atoms with E-state index in [4.69, 9.17) is 0 Å². The predicted molar refractivity (Wildman–Crippen MR) is 111 cm³/mol. The summed E-state index contributed by atoms with van der Waals surface area (Å²) in [6, 6.07) is 8.92. The van der Waals surface area contributed by atoms with Gasteiger partial charge in [0, 0.05) is 6.54 Å². The number of aliphatic hydroxyl groups excluding tert-OH is 1. The highest BCUT2D eigenvalue weighted by molar-refractivity contribution is 14.0. The van der Waals surface area contributed by atoms with Gasteiger partial charge < -0.3 is 15.7 Å². The van der Waals surface area contributed by atoms with Gasteiger partial charge in [0.15, 0.2) is 17.6 Å². The van der Waals surface area contributed by atoms with Crippen LogP contribution in [-0.2, 0) is 0 Å². The van der Waals surface area contributed by atoms with Crippen LogP contribution in [0.15, 0.2) is 47.5 Å². The van der Waals surface area contributed by atoms with E-state index in [2.05, 4.69) is 15.6 Å². The van der Waals surface area contributed by atoms with Gasteiger partial charge in [-0.05, 0) is 49.2 Å². The monoisotopic (exact) mass is 493 g/mol. The molecule has 3 N–H and O–H groups in total. The van der Waals surface area contributed by atoms with Crippen molar-refractivity contribution in [3.8, 4) is 0 Å². The minimum absolute atomic E-state index is 0. The van der Waals surface area contributed by atoms with Crippen LogP contribution in [0.25, 0.3) is 0 Å². The topological polar surface area (TPSA) is 56.7 Å². The number of guanidine groups is 1. The number of rotatable bonds is 6. The Morgan fingerprint density at radius 3 is 2.26 bits per heavy atom. The van der Waals surface area contributed by atoms with Gasteiger partial charge in [0.05, 0.1) is 18.7 Å². The summed E-state index contributed by atoms with van der Waals surface area (Å²) in [5.74, 6) is -1.76. The summed E-state index contributed by atoms with van der Waals surface area (Å²) in [7, 11) is 0. The van der Waals surface area contributed by atoms with Crippen molar-refractivity contribution in [1.29, 1.82) is 0 Å². The number of benzene rings is 2. The second-order valence-electron chi connectivity index (χ2n) is 5.83. The highest BCUT2D eigenvalue weighted by Gasteiger charge is 2.12. The lowest BCUT2D eigenvalue weighted by Gasteiger charge is -2.19. The zero-order valence-corrected chi connectivity index (χ0v) is 17.4. The summed E-state index contributed by atoms with van der Waals surface area (Å²) >= 11 is 0. The van der Waals surface area contributed by atoms with Crippen LogP contribution < -0.4 is 10.6 Å². The normalized spacial score (nSPS) is 13.5. The first-order valence-corrected chi connectivity index (χ1v) is 8.34. The molecule has 4 nitrogen and oxygen atoms in total. The lowest BCUT2D eigenvalue weighted by Crippen LogP contribution is -2.39. The fourth-order valence-electron chi connectivity index (χ4n) is 2.36. The number of aliphatic imine (C=N–C) groups is 1. The maximum absolute atomic E-state index is 13.4. The second-order valence-corrected chi connectivity index (χ2v) is 5.83. The van der Waals surface area contributed by atoms with E-state index in [1.165, 1.54) is 30.3 Å². The number of hydrogen-bond acceptors (Lipinski definition) is 2. The van der Waals surface area contributed by atoms with Crippen LogP contribution in [0.2, 0.25) is 0 Å². The molecule has 0 aliphatic heterocycles. The van der Waals surface area contributed by atoms with Gasteiger partial charge in [-0.15, -0.1) is 24.0 Å². The molecular formula is C19H23F3IN3O. The van der Waals surface area contributed by atoms with Gasteiger partial charge in [0.1, 0.15) is 5.82 Å². The molecule has 0 fully saturated rings.